The van der Waals surface area contributed by atoms with Crippen LogP contribution in [-0.2, 0) is 18.2 Å². The maximum Gasteiger partial charge on any atom is 0.110 e. The van der Waals surface area contributed by atoms with Crippen molar-refractivity contribution in [1.82, 2.24) is 14.9 Å². The van der Waals surface area contributed by atoms with Gasteiger partial charge < -0.3 is 14.6 Å². The fourth-order valence-corrected chi connectivity index (χ4v) is 2.11. The van der Waals surface area contributed by atoms with Gasteiger partial charge in [-0.15, -0.1) is 0 Å². The van der Waals surface area contributed by atoms with Crippen LogP contribution in [-0.4, -0.2) is 35.4 Å². The molecule has 17 heavy (non-hydrogen) atoms. The minimum atomic E-state index is 0.270. The van der Waals surface area contributed by atoms with Gasteiger partial charge in [-0.3, -0.25) is 0 Å². The van der Waals surface area contributed by atoms with Gasteiger partial charge in [0.25, 0.3) is 0 Å². The van der Waals surface area contributed by atoms with Gasteiger partial charge in [0.2, 0.25) is 0 Å². The molecule has 0 bridgehead atoms. The molecule has 1 aromatic rings. The zero-order chi connectivity index (χ0) is 12.7. The van der Waals surface area contributed by atoms with E-state index in [1.807, 2.05) is 26.5 Å². The van der Waals surface area contributed by atoms with Gasteiger partial charge in [0, 0.05) is 38.5 Å². The third-order valence-corrected chi connectivity index (χ3v) is 3.10. The minimum absolute atomic E-state index is 0.270. The van der Waals surface area contributed by atoms with Crippen molar-refractivity contribution in [2.45, 2.75) is 45.3 Å². The van der Waals surface area contributed by atoms with Gasteiger partial charge in [-0.1, -0.05) is 13.3 Å². The van der Waals surface area contributed by atoms with E-state index in [0.717, 1.165) is 31.7 Å². The van der Waals surface area contributed by atoms with Crippen LogP contribution in [0.1, 0.15) is 32.5 Å². The minimum Gasteiger partial charge on any atom is -0.377 e. The molecule has 1 rings (SSSR count). The van der Waals surface area contributed by atoms with Gasteiger partial charge in [-0.05, 0) is 20.4 Å². The summed E-state index contributed by atoms with van der Waals surface area (Å²) >= 11 is 0. The summed E-state index contributed by atoms with van der Waals surface area (Å²) in [7, 11) is 4.03. The van der Waals surface area contributed by atoms with Gasteiger partial charge in [0.05, 0.1) is 6.10 Å². The first-order chi connectivity index (χ1) is 8.22. The molecule has 0 aliphatic rings. The zero-order valence-corrected chi connectivity index (χ0v) is 11.4. The smallest absolute Gasteiger partial charge is 0.110 e. The summed E-state index contributed by atoms with van der Waals surface area (Å²) in [5.74, 6) is 1.10. The molecule has 4 nitrogen and oxygen atoms in total. The maximum absolute atomic E-state index is 5.82. The molecule has 0 aromatic carbocycles. The number of aryl methyl sites for hydroxylation is 1. The lowest BCUT2D eigenvalue weighted by Crippen LogP contribution is -2.41. The van der Waals surface area contributed by atoms with Crippen LogP contribution in [0.2, 0.25) is 0 Å². The molecule has 0 fully saturated rings. The van der Waals surface area contributed by atoms with Crippen LogP contribution < -0.4 is 5.32 Å². The summed E-state index contributed by atoms with van der Waals surface area (Å²) in [6.45, 7) is 5.01. The Morgan fingerprint density at radius 1 is 1.47 bits per heavy atom. The number of likely N-dealkylation sites (N-methyl/N-ethyl adjacent to an activating group) is 1. The molecule has 2 atom stereocenters. The Balaban J connectivity index is 2.64. The number of nitrogens with one attached hydrogen (secondary N) is 1. The van der Waals surface area contributed by atoms with Gasteiger partial charge in [0.1, 0.15) is 5.82 Å². The Morgan fingerprint density at radius 3 is 2.71 bits per heavy atom. The Bertz CT molecular complexity index is 305. The predicted octanol–water partition coefficient (Wildman–Crippen LogP) is 1.76. The summed E-state index contributed by atoms with van der Waals surface area (Å²) < 4.78 is 7.89. The lowest BCUT2D eigenvalue weighted by molar-refractivity contribution is 0.0295. The molecule has 0 amide bonds. The maximum atomic E-state index is 5.82. The molecule has 0 saturated heterocycles. The second-order valence-corrected chi connectivity index (χ2v) is 4.34. The first kappa shape index (κ1) is 14.2. The number of imidazole rings is 1. The molecule has 0 aliphatic heterocycles. The first-order valence-electron chi connectivity index (χ1n) is 6.47. The highest BCUT2D eigenvalue weighted by molar-refractivity contribution is 4.96. The SMILES string of the molecule is CCCC(OCC)C(Cc1nccn1C)NC. The van der Waals surface area contributed by atoms with Crippen molar-refractivity contribution in [2.75, 3.05) is 13.7 Å². The van der Waals surface area contributed by atoms with Gasteiger partial charge in [0.15, 0.2) is 0 Å². The topological polar surface area (TPSA) is 39.1 Å². The average molecular weight is 239 g/mol. The summed E-state index contributed by atoms with van der Waals surface area (Å²) in [4.78, 5) is 4.37. The van der Waals surface area contributed by atoms with E-state index in [1.165, 1.54) is 0 Å². The van der Waals surface area contributed by atoms with E-state index in [1.54, 1.807) is 0 Å². The molecule has 0 aliphatic carbocycles. The standard InChI is InChI=1S/C13H25N3O/c1-5-7-12(17-6-2)11(14-3)10-13-15-8-9-16(13)4/h8-9,11-12,14H,5-7,10H2,1-4H3. The quantitative estimate of drug-likeness (QED) is 0.751. The molecular formula is C13H25N3O. The van der Waals surface area contributed by atoms with E-state index < -0.39 is 0 Å². The van der Waals surface area contributed by atoms with Crippen LogP contribution in [0.15, 0.2) is 12.4 Å². The number of hydrogen-bond donors (Lipinski definition) is 1. The lowest BCUT2D eigenvalue weighted by Gasteiger charge is -2.26. The van der Waals surface area contributed by atoms with Crippen LogP contribution in [0.3, 0.4) is 0 Å². The number of ether oxygens (including phenoxy) is 1. The molecule has 2 unspecified atom stereocenters. The highest BCUT2D eigenvalue weighted by Gasteiger charge is 2.21. The third kappa shape index (κ3) is 4.13. The normalized spacial score (nSPS) is 14.8. The second-order valence-electron chi connectivity index (χ2n) is 4.34. The van der Waals surface area contributed by atoms with Crippen LogP contribution >= 0.6 is 0 Å². The lowest BCUT2D eigenvalue weighted by atomic mass is 10.0. The first-order valence-corrected chi connectivity index (χ1v) is 6.47. The highest BCUT2D eigenvalue weighted by atomic mass is 16.5. The largest absolute Gasteiger partial charge is 0.377 e. The Labute approximate surface area is 104 Å². The van der Waals surface area contributed by atoms with Crippen LogP contribution in [0, 0.1) is 0 Å². The molecule has 0 saturated carbocycles. The molecule has 1 N–H and O–H groups in total. The van der Waals surface area contributed by atoms with Gasteiger partial charge in [-0.25, -0.2) is 4.98 Å². The van der Waals surface area contributed by atoms with E-state index in [-0.39, 0.29) is 6.10 Å². The number of aromatic nitrogens is 2. The van der Waals surface area contributed by atoms with Crippen LogP contribution in [0.4, 0.5) is 0 Å². The Kier molecular flexibility index (Phi) is 6.22. The summed E-state index contributed by atoms with van der Waals surface area (Å²) in [6.07, 6.45) is 7.24. The van der Waals surface area contributed by atoms with E-state index in [2.05, 4.69) is 28.7 Å². The van der Waals surface area contributed by atoms with Crippen molar-refractivity contribution in [3.63, 3.8) is 0 Å². The summed E-state index contributed by atoms with van der Waals surface area (Å²) in [5, 5.41) is 3.36. The second kappa shape index (κ2) is 7.45. The molecule has 1 aromatic heterocycles. The van der Waals surface area contributed by atoms with Crippen molar-refractivity contribution in [3.05, 3.63) is 18.2 Å². The molecule has 1 heterocycles. The third-order valence-electron chi connectivity index (χ3n) is 3.10. The fraction of sp³-hybridized carbons (Fsp3) is 0.769. The average Bonchev–Trinajstić information content (AvgIpc) is 2.71. The van der Waals surface area contributed by atoms with Crippen molar-refractivity contribution in [1.29, 1.82) is 0 Å². The highest BCUT2D eigenvalue weighted by Crippen LogP contribution is 2.11. The summed E-state index contributed by atoms with van der Waals surface area (Å²) in [6, 6.07) is 0.330. The number of nitrogens with zero attached hydrogens (tertiary/aromatic N) is 2. The van der Waals surface area contributed by atoms with E-state index in [9.17, 15) is 0 Å². The van der Waals surface area contributed by atoms with E-state index >= 15 is 0 Å². The number of rotatable bonds is 8. The summed E-state index contributed by atoms with van der Waals surface area (Å²) in [5.41, 5.74) is 0. The predicted molar refractivity (Wildman–Crippen MR) is 70.1 cm³/mol. The van der Waals surface area contributed by atoms with Crippen molar-refractivity contribution >= 4 is 0 Å². The van der Waals surface area contributed by atoms with E-state index in [0.29, 0.717) is 6.04 Å². The molecule has 4 heteroatoms. The van der Waals surface area contributed by atoms with Crippen molar-refractivity contribution < 1.29 is 4.74 Å². The molecule has 98 valence electrons. The molecule has 0 radical (unpaired) electrons. The molecular weight excluding hydrogens is 214 g/mol. The Hall–Kier alpha value is -0.870. The monoisotopic (exact) mass is 239 g/mol. The van der Waals surface area contributed by atoms with Gasteiger partial charge in [-0.2, -0.15) is 0 Å². The zero-order valence-electron chi connectivity index (χ0n) is 11.4. The van der Waals surface area contributed by atoms with Crippen LogP contribution in [0.5, 0.6) is 0 Å². The fourth-order valence-electron chi connectivity index (χ4n) is 2.11. The van der Waals surface area contributed by atoms with Crippen molar-refractivity contribution in [2.24, 2.45) is 7.05 Å². The van der Waals surface area contributed by atoms with Crippen LogP contribution in [0.25, 0.3) is 0 Å². The molecule has 0 spiro atoms. The van der Waals surface area contributed by atoms with Gasteiger partial charge >= 0.3 is 0 Å². The van der Waals surface area contributed by atoms with E-state index in [4.69, 9.17) is 4.74 Å². The number of hydrogen-bond acceptors (Lipinski definition) is 3. The van der Waals surface area contributed by atoms with Crippen molar-refractivity contribution in [3.8, 4) is 0 Å². The Morgan fingerprint density at radius 2 is 2.24 bits per heavy atom.